The summed E-state index contributed by atoms with van der Waals surface area (Å²) in [6.45, 7) is 11.9. The second-order valence-corrected chi connectivity index (χ2v) is 8.48. The summed E-state index contributed by atoms with van der Waals surface area (Å²) in [5.41, 5.74) is 14.4. The van der Waals surface area contributed by atoms with Gasteiger partial charge in [0.15, 0.2) is 10.2 Å². The fraction of sp³-hybridized carbons (Fsp3) is 0.714. The summed E-state index contributed by atoms with van der Waals surface area (Å²) in [5.74, 6) is -0.120. The fourth-order valence-electron chi connectivity index (χ4n) is 1.08. The Hall–Kier alpha value is -0.990. The van der Waals surface area contributed by atoms with Crippen molar-refractivity contribution in [3.8, 4) is 0 Å². The molecule has 0 atom stereocenters. The van der Waals surface area contributed by atoms with Crippen LogP contribution in [0.3, 0.4) is 0 Å². The molecule has 0 saturated heterocycles. The van der Waals surface area contributed by atoms with Gasteiger partial charge < -0.3 is 22.5 Å². The van der Waals surface area contributed by atoms with Gasteiger partial charge in [-0.3, -0.25) is 9.59 Å². The lowest BCUT2D eigenvalue weighted by atomic mass is 9.92. The van der Waals surface area contributed by atoms with Crippen molar-refractivity contribution < 1.29 is 9.59 Å². The highest BCUT2D eigenvalue weighted by Gasteiger charge is 2.15. The van der Waals surface area contributed by atoms with Crippen LogP contribution in [-0.4, -0.2) is 21.4 Å². The van der Waals surface area contributed by atoms with Crippen LogP contribution >= 0.6 is 36.0 Å². The molecule has 0 aromatic rings. The van der Waals surface area contributed by atoms with Crippen LogP contribution in [0.4, 0.5) is 0 Å². The minimum absolute atomic E-state index is 0.000000000000000222. The zero-order chi connectivity index (χ0) is 19.4. The van der Waals surface area contributed by atoms with Crippen molar-refractivity contribution >= 4 is 57.4 Å². The molecule has 0 unspecified atom stereocenters. The Kier molecular flexibility index (Phi) is 14.5. The molecule has 0 aliphatic rings. The number of hydrogen-bond donors (Lipinski definition) is 4. The SMILES string of the molecule is CC(C)(C)CC(=O)Cl.CC(C)(C)CC(=O)NC(N)=S.NC(N)=S. The van der Waals surface area contributed by atoms with Crippen molar-refractivity contribution in [2.75, 3.05) is 0 Å². The average molecular weight is 385 g/mol. The summed E-state index contributed by atoms with van der Waals surface area (Å²) in [4.78, 5) is 21.2. The van der Waals surface area contributed by atoms with E-state index in [2.05, 4.69) is 41.2 Å². The van der Waals surface area contributed by atoms with Gasteiger partial charge in [0.1, 0.15) is 0 Å². The lowest BCUT2D eigenvalue weighted by Gasteiger charge is -2.16. The molecule has 0 aromatic carbocycles. The maximum atomic E-state index is 11.0. The largest absolute Gasteiger partial charge is 0.377 e. The topological polar surface area (TPSA) is 124 Å². The van der Waals surface area contributed by atoms with Crippen molar-refractivity contribution in [2.45, 2.75) is 54.4 Å². The van der Waals surface area contributed by atoms with E-state index < -0.39 is 0 Å². The molecule has 9 heteroatoms. The van der Waals surface area contributed by atoms with E-state index in [4.69, 9.17) is 17.3 Å². The van der Waals surface area contributed by atoms with Crippen LogP contribution in [0.1, 0.15) is 54.4 Å². The second-order valence-electron chi connectivity index (χ2n) is 7.14. The van der Waals surface area contributed by atoms with Gasteiger partial charge in [-0.15, -0.1) is 0 Å². The van der Waals surface area contributed by atoms with E-state index in [-0.39, 0.29) is 32.2 Å². The fourth-order valence-corrected chi connectivity index (χ4v) is 1.59. The van der Waals surface area contributed by atoms with E-state index in [1.54, 1.807) is 0 Å². The molecule has 23 heavy (non-hydrogen) atoms. The summed E-state index contributed by atoms with van der Waals surface area (Å²) in [6, 6.07) is 0. The number of thiocarbonyl (C=S) groups is 2. The van der Waals surface area contributed by atoms with Gasteiger partial charge in [-0.1, -0.05) is 41.5 Å². The number of nitrogens with two attached hydrogens (primary N) is 3. The second kappa shape index (κ2) is 12.4. The van der Waals surface area contributed by atoms with Gasteiger partial charge in [0.25, 0.3) is 0 Å². The summed E-state index contributed by atoms with van der Waals surface area (Å²) in [7, 11) is 0. The Morgan fingerprint density at radius 2 is 1.22 bits per heavy atom. The number of hydrogen-bond acceptors (Lipinski definition) is 4. The molecule has 1 amide bonds. The van der Waals surface area contributed by atoms with Gasteiger partial charge in [0, 0.05) is 12.8 Å². The van der Waals surface area contributed by atoms with E-state index in [9.17, 15) is 9.59 Å². The third kappa shape index (κ3) is 44.9. The number of amides is 1. The summed E-state index contributed by atoms with van der Waals surface area (Å²) >= 11 is 13.7. The molecule has 0 rings (SSSR count). The number of nitrogens with one attached hydrogen (secondary N) is 1. The van der Waals surface area contributed by atoms with Gasteiger partial charge in [-0.2, -0.15) is 0 Å². The van der Waals surface area contributed by atoms with E-state index in [0.29, 0.717) is 12.8 Å². The summed E-state index contributed by atoms with van der Waals surface area (Å²) in [6.07, 6.45) is 0.888. The molecule has 0 spiro atoms. The Morgan fingerprint density at radius 1 is 0.913 bits per heavy atom. The lowest BCUT2D eigenvalue weighted by Crippen LogP contribution is -2.36. The monoisotopic (exact) mass is 384 g/mol. The van der Waals surface area contributed by atoms with Crippen molar-refractivity contribution in [1.82, 2.24) is 5.32 Å². The Balaban J connectivity index is -0.000000292. The minimum atomic E-state index is -0.252. The smallest absolute Gasteiger partial charge is 0.226 e. The quantitative estimate of drug-likeness (QED) is 0.424. The molecule has 7 N–H and O–H groups in total. The number of carbonyl (C=O) groups excluding carboxylic acids is 2. The zero-order valence-electron chi connectivity index (χ0n) is 14.7. The van der Waals surface area contributed by atoms with Crippen molar-refractivity contribution in [3.63, 3.8) is 0 Å². The maximum absolute atomic E-state index is 11.0. The highest BCUT2D eigenvalue weighted by molar-refractivity contribution is 7.80. The highest BCUT2D eigenvalue weighted by Crippen LogP contribution is 2.19. The lowest BCUT2D eigenvalue weighted by molar-refractivity contribution is -0.121. The minimum Gasteiger partial charge on any atom is -0.377 e. The van der Waals surface area contributed by atoms with E-state index in [0.717, 1.165) is 0 Å². The third-order valence-corrected chi connectivity index (χ3v) is 1.86. The van der Waals surface area contributed by atoms with Gasteiger partial charge in [0.2, 0.25) is 11.1 Å². The van der Waals surface area contributed by atoms with Crippen LogP contribution in [0, 0.1) is 10.8 Å². The number of rotatable bonds is 2. The van der Waals surface area contributed by atoms with Gasteiger partial charge >= 0.3 is 0 Å². The normalized spacial score (nSPS) is 10.2. The molecule has 0 saturated carbocycles. The molecule has 0 heterocycles. The molecule has 0 bridgehead atoms. The van der Waals surface area contributed by atoms with Crippen molar-refractivity contribution in [3.05, 3.63) is 0 Å². The van der Waals surface area contributed by atoms with Gasteiger partial charge in [-0.05, 0) is 46.9 Å². The maximum Gasteiger partial charge on any atom is 0.226 e. The molecule has 136 valence electrons. The summed E-state index contributed by atoms with van der Waals surface area (Å²) in [5, 5.41) is 2.16. The molecule has 0 radical (unpaired) electrons. The Bertz CT molecular complexity index is 412. The predicted octanol–water partition coefficient (Wildman–Crippen LogP) is 2.16. The molecular weight excluding hydrogens is 356 g/mol. The van der Waals surface area contributed by atoms with Crippen molar-refractivity contribution in [2.24, 2.45) is 28.0 Å². The Labute approximate surface area is 154 Å². The Morgan fingerprint density at radius 3 is 1.35 bits per heavy atom. The van der Waals surface area contributed by atoms with Crippen LogP contribution in [-0.2, 0) is 9.59 Å². The first-order chi connectivity index (χ1) is 9.96. The standard InChI is InChI=1S/C7H14N2OS.C6H11ClO.CH4N2S/c1-7(2,3)4-5(10)9-6(8)11;1-6(2,3)4-5(7)8;2-1(3)4/h4H2,1-3H3,(H3,8,9,10,11);4H2,1-3H3;(H4,2,3,4). The zero-order valence-corrected chi connectivity index (χ0v) is 17.0. The van der Waals surface area contributed by atoms with Crippen LogP contribution < -0.4 is 22.5 Å². The summed E-state index contributed by atoms with van der Waals surface area (Å²) < 4.78 is 0. The van der Waals surface area contributed by atoms with Crippen LogP contribution in [0.15, 0.2) is 0 Å². The molecule has 0 aliphatic carbocycles. The average Bonchev–Trinajstić information content (AvgIpc) is 2.06. The number of carbonyl (C=O) groups is 2. The molecular formula is C14H29ClN4O2S2. The molecule has 0 fully saturated rings. The molecule has 0 aromatic heterocycles. The molecule has 6 nitrogen and oxygen atoms in total. The first-order valence-corrected chi connectivity index (χ1v) is 7.98. The predicted molar refractivity (Wildman–Crippen MR) is 105 cm³/mol. The van der Waals surface area contributed by atoms with Gasteiger partial charge in [0.05, 0.1) is 0 Å². The van der Waals surface area contributed by atoms with Crippen LogP contribution in [0.2, 0.25) is 0 Å². The van der Waals surface area contributed by atoms with E-state index >= 15 is 0 Å². The van der Waals surface area contributed by atoms with Crippen LogP contribution in [0.25, 0.3) is 0 Å². The van der Waals surface area contributed by atoms with Gasteiger partial charge in [-0.25, -0.2) is 0 Å². The first kappa shape index (κ1) is 26.9. The van der Waals surface area contributed by atoms with Crippen molar-refractivity contribution in [1.29, 1.82) is 0 Å². The number of halogens is 1. The highest BCUT2D eigenvalue weighted by atomic mass is 35.5. The van der Waals surface area contributed by atoms with E-state index in [1.807, 2.05) is 41.5 Å². The molecule has 0 aliphatic heterocycles. The first-order valence-electron chi connectivity index (χ1n) is 6.79. The van der Waals surface area contributed by atoms with Crippen LogP contribution in [0.5, 0.6) is 0 Å². The third-order valence-electron chi connectivity index (χ3n) is 1.62. The van der Waals surface area contributed by atoms with E-state index in [1.165, 1.54) is 0 Å².